The van der Waals surface area contributed by atoms with Crippen LogP contribution in [0.5, 0.6) is 11.5 Å². The number of aryl methyl sites for hydroxylation is 1. The van der Waals surface area contributed by atoms with Gasteiger partial charge in [-0.1, -0.05) is 12.1 Å². The molecule has 8 nitrogen and oxygen atoms in total. The number of furan rings is 1. The molecule has 5 heterocycles. The van der Waals surface area contributed by atoms with Crippen LogP contribution in [0.4, 0.5) is 5.95 Å². The molecule has 1 fully saturated rings. The molecule has 2 aliphatic heterocycles. The lowest BCUT2D eigenvalue weighted by atomic mass is 10.1. The Bertz CT molecular complexity index is 1300. The molecule has 6 rings (SSSR count). The molecule has 0 amide bonds. The number of rotatable bonds is 6. The number of pyridine rings is 1. The number of anilines is 1. The molecule has 4 aromatic rings. The molecule has 0 aliphatic carbocycles. The van der Waals surface area contributed by atoms with E-state index in [1.165, 1.54) is 0 Å². The smallest absolute Gasteiger partial charge is 0.205 e. The van der Waals surface area contributed by atoms with Crippen molar-refractivity contribution in [1.82, 2.24) is 19.4 Å². The van der Waals surface area contributed by atoms with Crippen LogP contribution in [-0.4, -0.2) is 57.8 Å². The third-order valence-electron chi connectivity index (χ3n) is 6.80. The predicted octanol–water partition coefficient (Wildman–Crippen LogP) is 4.49. The molecule has 0 spiro atoms. The van der Waals surface area contributed by atoms with Crippen molar-refractivity contribution in [3.8, 4) is 11.5 Å². The van der Waals surface area contributed by atoms with Crippen molar-refractivity contribution in [3.05, 3.63) is 66.2 Å². The highest BCUT2D eigenvalue weighted by Gasteiger charge is 2.26. The highest BCUT2D eigenvalue weighted by Crippen LogP contribution is 2.31. The lowest BCUT2D eigenvalue weighted by Gasteiger charge is -2.30. The molecular formula is C27H31N5O3. The lowest BCUT2D eigenvalue weighted by Crippen LogP contribution is -2.41. The quantitative estimate of drug-likeness (QED) is 0.442. The summed E-state index contributed by atoms with van der Waals surface area (Å²) in [7, 11) is 0. The third kappa shape index (κ3) is 4.84. The molecule has 1 saturated heterocycles. The SMILES string of the molecule is Cc1ccc(Cn2c(NC3CCCN(CC4COc5ccccc5O4)CC3)nc3cccnc32)o1. The molecule has 2 atom stereocenters. The molecule has 35 heavy (non-hydrogen) atoms. The van der Waals surface area contributed by atoms with Crippen LogP contribution >= 0.6 is 0 Å². The lowest BCUT2D eigenvalue weighted by molar-refractivity contribution is 0.0596. The van der Waals surface area contributed by atoms with Gasteiger partial charge in [-0.15, -0.1) is 0 Å². The van der Waals surface area contributed by atoms with Gasteiger partial charge in [-0.2, -0.15) is 0 Å². The molecule has 2 unspecified atom stereocenters. The summed E-state index contributed by atoms with van der Waals surface area (Å²) in [6, 6.07) is 16.2. The van der Waals surface area contributed by atoms with E-state index in [0.717, 1.165) is 79.0 Å². The van der Waals surface area contributed by atoms with Gasteiger partial charge in [-0.3, -0.25) is 9.47 Å². The first kappa shape index (κ1) is 22.0. The van der Waals surface area contributed by atoms with Crippen LogP contribution in [0.1, 0.15) is 30.8 Å². The molecule has 8 heteroatoms. The van der Waals surface area contributed by atoms with Crippen LogP contribution in [0.15, 0.2) is 59.1 Å². The van der Waals surface area contributed by atoms with E-state index in [-0.39, 0.29) is 6.10 Å². The van der Waals surface area contributed by atoms with Gasteiger partial charge in [0.05, 0.1) is 6.54 Å². The van der Waals surface area contributed by atoms with Crippen LogP contribution in [-0.2, 0) is 6.54 Å². The van der Waals surface area contributed by atoms with Gasteiger partial charge >= 0.3 is 0 Å². The van der Waals surface area contributed by atoms with Crippen LogP contribution in [0.2, 0.25) is 0 Å². The summed E-state index contributed by atoms with van der Waals surface area (Å²) in [6.45, 7) is 6.11. The maximum absolute atomic E-state index is 6.19. The van der Waals surface area contributed by atoms with E-state index < -0.39 is 0 Å². The number of likely N-dealkylation sites (tertiary alicyclic amines) is 1. The second-order valence-corrected chi connectivity index (χ2v) is 9.45. The number of fused-ring (bicyclic) bond motifs is 2. The Morgan fingerprint density at radius 1 is 1.03 bits per heavy atom. The Morgan fingerprint density at radius 3 is 2.83 bits per heavy atom. The fraction of sp³-hybridized carbons (Fsp3) is 0.407. The number of hydrogen-bond acceptors (Lipinski definition) is 7. The summed E-state index contributed by atoms with van der Waals surface area (Å²) < 4.78 is 20.1. The van der Waals surface area contributed by atoms with Gasteiger partial charge in [0.15, 0.2) is 17.1 Å². The summed E-state index contributed by atoms with van der Waals surface area (Å²) in [6.07, 6.45) is 5.13. The van der Waals surface area contributed by atoms with E-state index in [2.05, 4.69) is 19.8 Å². The van der Waals surface area contributed by atoms with E-state index in [4.69, 9.17) is 18.9 Å². The second-order valence-electron chi connectivity index (χ2n) is 9.45. The van der Waals surface area contributed by atoms with E-state index in [1.54, 1.807) is 0 Å². The van der Waals surface area contributed by atoms with Gasteiger partial charge in [-0.25, -0.2) is 9.97 Å². The van der Waals surface area contributed by atoms with Gasteiger partial charge in [0.1, 0.15) is 29.7 Å². The fourth-order valence-electron chi connectivity index (χ4n) is 5.05. The molecular weight excluding hydrogens is 442 g/mol. The molecule has 3 aromatic heterocycles. The largest absolute Gasteiger partial charge is 0.486 e. The number of hydrogen-bond donors (Lipinski definition) is 1. The number of imidazole rings is 1. The standard InChI is InChI=1S/C27H31N5O3/c1-19-10-11-21(34-19)17-32-26-23(7-4-13-28-26)30-27(32)29-20-6-5-14-31(15-12-20)16-22-18-33-24-8-2-3-9-25(24)35-22/h2-4,7-11,13,20,22H,5-6,12,14-18H2,1H3,(H,29,30). The van der Waals surface area contributed by atoms with Crippen molar-refractivity contribution in [3.63, 3.8) is 0 Å². The molecule has 0 bridgehead atoms. The normalized spacial score (nSPS) is 20.6. The van der Waals surface area contributed by atoms with E-state index >= 15 is 0 Å². The average molecular weight is 474 g/mol. The first-order valence-corrected chi connectivity index (χ1v) is 12.5. The minimum Gasteiger partial charge on any atom is -0.486 e. The summed E-state index contributed by atoms with van der Waals surface area (Å²) >= 11 is 0. The van der Waals surface area contributed by atoms with Crippen LogP contribution in [0, 0.1) is 6.92 Å². The summed E-state index contributed by atoms with van der Waals surface area (Å²) in [5.74, 6) is 4.35. The minimum absolute atomic E-state index is 0.0569. The maximum atomic E-state index is 6.19. The van der Waals surface area contributed by atoms with E-state index in [0.29, 0.717) is 19.2 Å². The van der Waals surface area contributed by atoms with Crippen molar-refractivity contribution in [2.75, 3.05) is 31.6 Å². The topological polar surface area (TPSA) is 77.6 Å². The molecule has 2 aliphatic rings. The number of para-hydroxylation sites is 2. The molecule has 0 saturated carbocycles. The maximum Gasteiger partial charge on any atom is 0.205 e. The zero-order valence-electron chi connectivity index (χ0n) is 20.0. The van der Waals surface area contributed by atoms with Crippen LogP contribution in [0.3, 0.4) is 0 Å². The van der Waals surface area contributed by atoms with Gasteiger partial charge < -0.3 is 19.2 Å². The number of aromatic nitrogens is 3. The Balaban J connectivity index is 1.12. The number of ether oxygens (including phenoxy) is 2. The fourth-order valence-corrected chi connectivity index (χ4v) is 5.05. The Morgan fingerprint density at radius 2 is 1.94 bits per heavy atom. The Hall–Kier alpha value is -3.52. The first-order valence-electron chi connectivity index (χ1n) is 12.5. The zero-order valence-corrected chi connectivity index (χ0v) is 20.0. The van der Waals surface area contributed by atoms with Crippen LogP contribution < -0.4 is 14.8 Å². The van der Waals surface area contributed by atoms with Crippen molar-refractivity contribution in [2.24, 2.45) is 0 Å². The van der Waals surface area contributed by atoms with Gasteiger partial charge in [-0.05, 0) is 69.1 Å². The van der Waals surface area contributed by atoms with Crippen LogP contribution in [0.25, 0.3) is 11.2 Å². The van der Waals surface area contributed by atoms with E-state index in [9.17, 15) is 0 Å². The predicted molar refractivity (Wildman–Crippen MR) is 134 cm³/mol. The Labute approximate surface area is 204 Å². The van der Waals surface area contributed by atoms with Crippen molar-refractivity contribution < 1.29 is 13.9 Å². The molecule has 182 valence electrons. The second kappa shape index (κ2) is 9.62. The van der Waals surface area contributed by atoms with Gasteiger partial charge in [0.25, 0.3) is 0 Å². The summed E-state index contributed by atoms with van der Waals surface area (Å²) in [4.78, 5) is 12.0. The summed E-state index contributed by atoms with van der Waals surface area (Å²) in [5.41, 5.74) is 1.76. The first-order chi connectivity index (χ1) is 17.2. The van der Waals surface area contributed by atoms with Gasteiger partial charge in [0, 0.05) is 25.3 Å². The number of benzene rings is 1. The number of nitrogens with zero attached hydrogens (tertiary/aromatic N) is 4. The highest BCUT2D eigenvalue weighted by molar-refractivity contribution is 5.74. The minimum atomic E-state index is 0.0569. The molecule has 1 N–H and O–H groups in total. The third-order valence-corrected chi connectivity index (χ3v) is 6.80. The highest BCUT2D eigenvalue weighted by atomic mass is 16.6. The Kier molecular flexibility index (Phi) is 6.04. The average Bonchev–Trinajstić information content (AvgIpc) is 3.36. The van der Waals surface area contributed by atoms with Gasteiger partial charge in [0.2, 0.25) is 5.95 Å². The van der Waals surface area contributed by atoms with E-state index in [1.807, 2.05) is 61.7 Å². The summed E-state index contributed by atoms with van der Waals surface area (Å²) in [5, 5.41) is 3.73. The monoisotopic (exact) mass is 473 g/mol. The zero-order chi connectivity index (χ0) is 23.6. The van der Waals surface area contributed by atoms with Crippen molar-refractivity contribution >= 4 is 17.1 Å². The molecule has 1 aromatic carbocycles. The molecule has 0 radical (unpaired) electrons. The van der Waals surface area contributed by atoms with Crippen molar-refractivity contribution in [1.29, 1.82) is 0 Å². The number of nitrogens with one attached hydrogen (secondary N) is 1. The van der Waals surface area contributed by atoms with Crippen molar-refractivity contribution in [2.45, 2.75) is 44.9 Å².